The minimum atomic E-state index is -1.30. The van der Waals surface area contributed by atoms with E-state index in [9.17, 15) is 19.2 Å². The maximum atomic E-state index is 12.7. The highest BCUT2D eigenvalue weighted by Gasteiger charge is 2.40. The van der Waals surface area contributed by atoms with Crippen molar-refractivity contribution in [2.45, 2.75) is 85.5 Å². The van der Waals surface area contributed by atoms with Crippen LogP contribution in [-0.4, -0.2) is 60.0 Å². The number of imide groups is 1. The Morgan fingerprint density at radius 3 is 1.77 bits per heavy atom. The van der Waals surface area contributed by atoms with Crippen LogP contribution >= 0.6 is 0 Å². The van der Waals surface area contributed by atoms with E-state index in [-0.39, 0.29) is 19.4 Å². The average molecular weight is 430 g/mol. The minimum absolute atomic E-state index is 0.00189. The van der Waals surface area contributed by atoms with Gasteiger partial charge in [0.1, 0.15) is 17.2 Å². The zero-order valence-corrected chi connectivity index (χ0v) is 19.5. The number of ether oxygens (including phenoxy) is 4. The maximum Gasteiger partial charge on any atom is 0.420 e. The summed E-state index contributed by atoms with van der Waals surface area (Å²) >= 11 is 0. The Hall–Kier alpha value is -2.58. The number of hydrogen-bond acceptors (Lipinski definition) is 8. The highest BCUT2D eigenvalue weighted by atomic mass is 16.6. The van der Waals surface area contributed by atoms with Crippen molar-refractivity contribution in [3.05, 3.63) is 11.6 Å². The van der Waals surface area contributed by atoms with Crippen LogP contribution in [-0.2, 0) is 28.5 Å². The van der Waals surface area contributed by atoms with Gasteiger partial charge in [-0.1, -0.05) is 6.08 Å². The topological polar surface area (TPSA) is 108 Å². The Bertz CT molecular complexity index is 627. The van der Waals surface area contributed by atoms with Crippen LogP contribution in [0.1, 0.15) is 68.2 Å². The molecule has 0 N–H and O–H groups in total. The van der Waals surface area contributed by atoms with Crippen LogP contribution in [0.3, 0.4) is 0 Å². The molecule has 172 valence electrons. The molecule has 2 amide bonds. The molecule has 0 aromatic rings. The molecular weight excluding hydrogens is 394 g/mol. The average Bonchev–Trinajstić information content (AvgIpc) is 2.56. The molecule has 1 atom stereocenters. The summed E-state index contributed by atoms with van der Waals surface area (Å²) in [5.41, 5.74) is -1.46. The van der Waals surface area contributed by atoms with Crippen molar-refractivity contribution < 1.29 is 38.1 Å². The Balaban J connectivity index is 5.80. The highest BCUT2D eigenvalue weighted by molar-refractivity contribution is 5.94. The van der Waals surface area contributed by atoms with E-state index in [1.54, 1.807) is 61.5 Å². The van der Waals surface area contributed by atoms with Crippen LogP contribution in [0, 0.1) is 0 Å². The second kappa shape index (κ2) is 11.6. The molecule has 0 bridgehead atoms. The van der Waals surface area contributed by atoms with Crippen molar-refractivity contribution in [3.8, 4) is 0 Å². The van der Waals surface area contributed by atoms with E-state index in [1.807, 2.05) is 0 Å². The lowest BCUT2D eigenvalue weighted by molar-refractivity contribution is -0.146. The molecule has 0 aromatic carbocycles. The molecule has 0 saturated heterocycles. The fraction of sp³-hybridized carbons (Fsp3) is 0.714. The van der Waals surface area contributed by atoms with Gasteiger partial charge in [0, 0.05) is 5.57 Å². The summed E-state index contributed by atoms with van der Waals surface area (Å²) in [5.74, 6) is -1.29. The first-order valence-corrected chi connectivity index (χ1v) is 9.79. The van der Waals surface area contributed by atoms with E-state index < -0.39 is 41.4 Å². The summed E-state index contributed by atoms with van der Waals surface area (Å²) in [6.45, 7) is 13.3. The molecule has 1 unspecified atom stereocenters. The molecule has 0 aromatic heterocycles. The van der Waals surface area contributed by atoms with Crippen molar-refractivity contribution in [1.82, 2.24) is 4.90 Å². The smallest absolute Gasteiger partial charge is 0.420 e. The second-order valence-corrected chi connectivity index (χ2v) is 8.55. The predicted octanol–water partition coefficient (Wildman–Crippen LogP) is 3.99. The van der Waals surface area contributed by atoms with Crippen molar-refractivity contribution >= 4 is 24.1 Å². The highest BCUT2D eigenvalue weighted by Crippen LogP contribution is 2.20. The van der Waals surface area contributed by atoms with E-state index in [0.717, 1.165) is 7.11 Å². The van der Waals surface area contributed by atoms with Gasteiger partial charge in [-0.25, -0.2) is 19.2 Å². The van der Waals surface area contributed by atoms with Crippen LogP contribution < -0.4 is 0 Å². The van der Waals surface area contributed by atoms with E-state index in [4.69, 9.17) is 18.9 Å². The van der Waals surface area contributed by atoms with Gasteiger partial charge in [0.2, 0.25) is 0 Å². The molecule has 0 fully saturated rings. The van der Waals surface area contributed by atoms with Gasteiger partial charge in [-0.05, 0) is 68.2 Å². The second-order valence-electron chi connectivity index (χ2n) is 8.55. The van der Waals surface area contributed by atoms with E-state index in [0.29, 0.717) is 10.5 Å². The van der Waals surface area contributed by atoms with Crippen molar-refractivity contribution in [3.63, 3.8) is 0 Å². The molecule has 9 heteroatoms. The lowest BCUT2D eigenvalue weighted by Crippen LogP contribution is -2.52. The third-order valence-corrected chi connectivity index (χ3v) is 3.45. The first-order valence-electron chi connectivity index (χ1n) is 9.79. The number of methoxy groups -OCH3 is 1. The molecular formula is C21H35NO8. The van der Waals surface area contributed by atoms with Crippen molar-refractivity contribution in [2.24, 2.45) is 0 Å². The van der Waals surface area contributed by atoms with Crippen LogP contribution in [0.5, 0.6) is 0 Å². The van der Waals surface area contributed by atoms with E-state index >= 15 is 0 Å². The molecule has 9 nitrogen and oxygen atoms in total. The summed E-state index contributed by atoms with van der Waals surface area (Å²) in [7, 11) is 1.15. The summed E-state index contributed by atoms with van der Waals surface area (Å²) in [5, 5.41) is 0. The van der Waals surface area contributed by atoms with E-state index in [1.165, 1.54) is 0 Å². The van der Waals surface area contributed by atoms with Gasteiger partial charge in [-0.15, -0.1) is 0 Å². The number of esters is 2. The van der Waals surface area contributed by atoms with Gasteiger partial charge in [-0.3, -0.25) is 0 Å². The largest absolute Gasteiger partial charge is 0.467 e. The fourth-order valence-corrected chi connectivity index (χ4v) is 2.23. The Labute approximate surface area is 178 Å². The minimum Gasteiger partial charge on any atom is -0.467 e. The molecule has 0 spiro atoms. The summed E-state index contributed by atoms with van der Waals surface area (Å²) < 4.78 is 20.3. The number of rotatable bonds is 7. The number of carbonyl (C=O) groups excluding carboxylic acids is 4. The number of amides is 2. The Morgan fingerprint density at radius 2 is 1.40 bits per heavy atom. The van der Waals surface area contributed by atoms with Crippen LogP contribution in [0.15, 0.2) is 11.6 Å². The van der Waals surface area contributed by atoms with Gasteiger partial charge >= 0.3 is 24.1 Å². The van der Waals surface area contributed by atoms with Crippen LogP contribution in [0.4, 0.5) is 9.59 Å². The summed E-state index contributed by atoms with van der Waals surface area (Å²) in [4.78, 5) is 50.3. The van der Waals surface area contributed by atoms with Crippen LogP contribution in [0.2, 0.25) is 0 Å². The predicted molar refractivity (Wildman–Crippen MR) is 110 cm³/mol. The van der Waals surface area contributed by atoms with E-state index in [2.05, 4.69) is 0 Å². The van der Waals surface area contributed by atoms with Gasteiger partial charge in [0.25, 0.3) is 0 Å². The standard InChI is InChI=1S/C21H35NO8/c1-10-28-16(23)14(2)12-11-13-15(17(24)27-9)22(18(25)29-20(3,4)5)19(26)30-21(6,7)8/h12,15H,10-11,13H2,1-9H3/b14-12+. The fourth-order valence-electron chi connectivity index (χ4n) is 2.23. The molecule has 30 heavy (non-hydrogen) atoms. The molecule has 0 saturated carbocycles. The molecule has 0 rings (SSSR count). The summed E-state index contributed by atoms with van der Waals surface area (Å²) in [6, 6.07) is -1.30. The number of allylic oxidation sites excluding steroid dienone is 1. The summed E-state index contributed by atoms with van der Waals surface area (Å²) in [6.07, 6.45) is -0.290. The third kappa shape index (κ3) is 10.3. The maximum absolute atomic E-state index is 12.7. The molecule has 0 aliphatic rings. The van der Waals surface area contributed by atoms with Crippen molar-refractivity contribution in [1.29, 1.82) is 0 Å². The normalized spacial score (nSPS) is 13.2. The first kappa shape index (κ1) is 27.4. The Morgan fingerprint density at radius 1 is 0.933 bits per heavy atom. The number of nitrogens with zero attached hydrogens (tertiary/aromatic N) is 1. The molecule has 0 aliphatic heterocycles. The van der Waals surface area contributed by atoms with Crippen LogP contribution in [0.25, 0.3) is 0 Å². The number of carbonyl (C=O) groups is 4. The van der Waals surface area contributed by atoms with Gasteiger partial charge < -0.3 is 18.9 Å². The number of hydrogen-bond donors (Lipinski definition) is 0. The molecule has 0 radical (unpaired) electrons. The SMILES string of the molecule is CCOC(=O)/C(C)=C/CCC(C(=O)OC)N(C(=O)OC(C)(C)C)C(=O)OC(C)(C)C. The van der Waals surface area contributed by atoms with Gasteiger partial charge in [0.15, 0.2) is 0 Å². The third-order valence-electron chi connectivity index (χ3n) is 3.45. The first-order chi connectivity index (χ1) is 13.6. The Kier molecular flexibility index (Phi) is 10.6. The lowest BCUT2D eigenvalue weighted by Gasteiger charge is -2.32. The zero-order valence-electron chi connectivity index (χ0n) is 19.5. The molecule has 0 heterocycles. The quantitative estimate of drug-likeness (QED) is 0.339. The molecule has 0 aliphatic carbocycles. The lowest BCUT2D eigenvalue weighted by atomic mass is 10.1. The van der Waals surface area contributed by atoms with Gasteiger partial charge in [0.05, 0.1) is 13.7 Å². The van der Waals surface area contributed by atoms with Gasteiger partial charge in [-0.2, -0.15) is 4.90 Å². The van der Waals surface area contributed by atoms with Crippen molar-refractivity contribution in [2.75, 3.05) is 13.7 Å². The zero-order chi connectivity index (χ0) is 23.7. The monoisotopic (exact) mass is 429 g/mol.